The minimum absolute atomic E-state index is 0.0840. The van der Waals surface area contributed by atoms with Crippen molar-refractivity contribution in [3.05, 3.63) is 126 Å². The van der Waals surface area contributed by atoms with Crippen molar-refractivity contribution < 1.29 is 23.8 Å². The Labute approximate surface area is 227 Å². The first kappa shape index (κ1) is 27.5. The van der Waals surface area contributed by atoms with Gasteiger partial charge in [0.2, 0.25) is 5.89 Å². The van der Waals surface area contributed by atoms with Gasteiger partial charge in [-0.3, -0.25) is 14.6 Å². The van der Waals surface area contributed by atoms with Crippen LogP contribution in [0.4, 0.5) is 0 Å². The summed E-state index contributed by atoms with van der Waals surface area (Å²) in [5.74, 6) is -2.50. The lowest BCUT2D eigenvalue weighted by Crippen LogP contribution is -2.45. The fourth-order valence-corrected chi connectivity index (χ4v) is 4.75. The summed E-state index contributed by atoms with van der Waals surface area (Å²) in [5, 5.41) is 10.8. The van der Waals surface area contributed by atoms with Gasteiger partial charge < -0.3 is 20.0 Å². The Morgan fingerprint density at radius 1 is 1.03 bits per heavy atom. The number of ether oxygens (including phenoxy) is 1. The second-order valence-electron chi connectivity index (χ2n) is 9.17. The molecular weight excluding hydrogens is 494 g/mol. The highest BCUT2D eigenvalue weighted by Crippen LogP contribution is 2.43. The van der Waals surface area contributed by atoms with Crippen LogP contribution < -0.4 is 5.73 Å². The predicted octanol–water partition coefficient (Wildman–Crippen LogP) is 5.26. The molecule has 0 radical (unpaired) electrons. The monoisotopic (exact) mass is 525 g/mol. The Bertz CT molecular complexity index is 1370. The number of carboxylic acid groups (broad SMARTS) is 1. The van der Waals surface area contributed by atoms with Crippen LogP contribution in [0.1, 0.15) is 52.3 Å². The maximum atomic E-state index is 13.3. The molecule has 2 unspecified atom stereocenters. The van der Waals surface area contributed by atoms with E-state index in [1.54, 1.807) is 36.7 Å². The normalized spacial score (nSPS) is 13.6. The van der Waals surface area contributed by atoms with E-state index in [9.17, 15) is 14.7 Å². The van der Waals surface area contributed by atoms with Gasteiger partial charge in [-0.2, -0.15) is 0 Å². The highest BCUT2D eigenvalue weighted by molar-refractivity contribution is 5.91. The number of carbonyl (C=O) groups excluding carboxylic acids is 1. The van der Waals surface area contributed by atoms with Gasteiger partial charge in [0, 0.05) is 19.0 Å². The summed E-state index contributed by atoms with van der Waals surface area (Å²) >= 11 is 0. The van der Waals surface area contributed by atoms with E-state index < -0.39 is 23.2 Å². The number of hydrogen-bond donors (Lipinski definition) is 2. The molecule has 8 heteroatoms. The van der Waals surface area contributed by atoms with Crippen LogP contribution in [0, 0.1) is 5.92 Å². The van der Waals surface area contributed by atoms with E-state index in [1.807, 2.05) is 60.7 Å². The van der Waals surface area contributed by atoms with Gasteiger partial charge in [-0.1, -0.05) is 78.9 Å². The number of primary amides is 1. The number of carbonyl (C=O) groups is 2. The highest BCUT2D eigenvalue weighted by Gasteiger charge is 2.52. The van der Waals surface area contributed by atoms with Crippen molar-refractivity contribution in [3.63, 3.8) is 0 Å². The Morgan fingerprint density at radius 3 is 2.41 bits per heavy atom. The summed E-state index contributed by atoms with van der Waals surface area (Å²) < 4.78 is 11.7. The van der Waals surface area contributed by atoms with Gasteiger partial charge in [0.05, 0.1) is 6.61 Å². The number of carboxylic acids is 1. The number of amides is 1. The molecule has 0 aliphatic rings. The third-order valence-corrected chi connectivity index (χ3v) is 6.67. The van der Waals surface area contributed by atoms with Crippen LogP contribution in [0.2, 0.25) is 0 Å². The van der Waals surface area contributed by atoms with E-state index in [0.29, 0.717) is 38.0 Å². The zero-order valence-corrected chi connectivity index (χ0v) is 21.5. The minimum atomic E-state index is -1.67. The molecule has 0 saturated heterocycles. The Morgan fingerprint density at radius 2 is 1.77 bits per heavy atom. The van der Waals surface area contributed by atoms with Crippen LogP contribution in [-0.4, -0.2) is 33.6 Å². The topological polar surface area (TPSA) is 129 Å². The predicted molar refractivity (Wildman–Crippen MR) is 147 cm³/mol. The van der Waals surface area contributed by atoms with Crippen LogP contribution in [-0.2, 0) is 21.6 Å². The average molecular weight is 526 g/mol. The molecule has 3 N–H and O–H groups in total. The maximum absolute atomic E-state index is 13.3. The van der Waals surface area contributed by atoms with Crippen molar-refractivity contribution in [2.75, 3.05) is 6.61 Å². The van der Waals surface area contributed by atoms with Crippen molar-refractivity contribution in [2.45, 2.75) is 31.3 Å². The number of benzene rings is 2. The van der Waals surface area contributed by atoms with Gasteiger partial charge in [0.15, 0.2) is 11.1 Å². The SMILES string of the molecule is NC(=O)c1coc(C(C(=O)O)(c2ccccc2)C(CCC=Cc2cccnc2)CCOCc2ccccc2)n1. The van der Waals surface area contributed by atoms with Crippen molar-refractivity contribution in [1.82, 2.24) is 9.97 Å². The number of hydrogen-bond acceptors (Lipinski definition) is 6. The van der Waals surface area contributed by atoms with Crippen LogP contribution in [0.15, 0.2) is 102 Å². The smallest absolute Gasteiger partial charge is 0.323 e. The molecule has 0 aliphatic heterocycles. The molecule has 2 aromatic heterocycles. The summed E-state index contributed by atoms with van der Waals surface area (Å²) in [6.45, 7) is 0.724. The molecule has 2 atom stereocenters. The molecule has 2 heterocycles. The summed E-state index contributed by atoms with van der Waals surface area (Å²) in [6.07, 6.45) is 10.0. The van der Waals surface area contributed by atoms with Crippen molar-refractivity contribution in [2.24, 2.45) is 11.7 Å². The Balaban J connectivity index is 1.67. The van der Waals surface area contributed by atoms with E-state index in [-0.39, 0.29) is 11.6 Å². The van der Waals surface area contributed by atoms with Gasteiger partial charge in [-0.25, -0.2) is 4.98 Å². The first-order valence-electron chi connectivity index (χ1n) is 12.7. The maximum Gasteiger partial charge on any atom is 0.323 e. The molecule has 0 aliphatic carbocycles. The highest BCUT2D eigenvalue weighted by atomic mass is 16.5. The molecule has 4 rings (SSSR count). The largest absolute Gasteiger partial charge is 0.480 e. The number of pyridine rings is 1. The molecule has 200 valence electrons. The van der Waals surface area contributed by atoms with Gasteiger partial charge in [0.1, 0.15) is 6.26 Å². The minimum Gasteiger partial charge on any atom is -0.480 e. The van der Waals surface area contributed by atoms with Crippen LogP contribution in [0.25, 0.3) is 6.08 Å². The third kappa shape index (κ3) is 6.66. The van der Waals surface area contributed by atoms with Gasteiger partial charge in [0.25, 0.3) is 5.91 Å². The number of nitrogens with two attached hydrogens (primary N) is 1. The van der Waals surface area contributed by atoms with Crippen LogP contribution in [0.5, 0.6) is 0 Å². The zero-order chi connectivity index (χ0) is 27.5. The number of allylic oxidation sites excluding steroid dienone is 1. The summed E-state index contributed by atoms with van der Waals surface area (Å²) in [7, 11) is 0. The quantitative estimate of drug-likeness (QED) is 0.215. The van der Waals surface area contributed by atoms with Crippen molar-refractivity contribution >= 4 is 18.0 Å². The van der Waals surface area contributed by atoms with Gasteiger partial charge in [-0.05, 0) is 47.9 Å². The first-order chi connectivity index (χ1) is 19.0. The average Bonchev–Trinajstić information content (AvgIpc) is 3.46. The summed E-state index contributed by atoms with van der Waals surface area (Å²) in [5.41, 5.74) is 6.11. The summed E-state index contributed by atoms with van der Waals surface area (Å²) in [4.78, 5) is 33.5. The molecule has 2 aromatic carbocycles. The second-order valence-corrected chi connectivity index (χ2v) is 9.17. The Hall–Kier alpha value is -4.56. The molecular formula is C31H31N3O5. The first-order valence-corrected chi connectivity index (χ1v) is 12.7. The van der Waals surface area contributed by atoms with Crippen LogP contribution in [0.3, 0.4) is 0 Å². The molecule has 0 fully saturated rings. The van der Waals surface area contributed by atoms with E-state index in [4.69, 9.17) is 14.9 Å². The third-order valence-electron chi connectivity index (χ3n) is 6.67. The molecule has 0 saturated carbocycles. The lowest BCUT2D eigenvalue weighted by Gasteiger charge is -2.35. The molecule has 0 spiro atoms. The molecule has 0 bridgehead atoms. The van der Waals surface area contributed by atoms with Crippen molar-refractivity contribution in [3.8, 4) is 0 Å². The standard InChI is InChI=1S/C31H31N3O5/c32-28(35)27-22-39-29(34-27)31(30(36)37,25-14-5-2-6-15-25)26(16-8-7-10-23-13-9-18-33-20-23)17-19-38-21-24-11-3-1-4-12-24/h1-7,9-15,18,20,22,26H,8,16-17,19,21H2,(H2,32,35)(H,36,37). The van der Waals surface area contributed by atoms with E-state index in [2.05, 4.69) is 9.97 Å². The Kier molecular flexibility index (Phi) is 9.37. The number of aromatic nitrogens is 2. The van der Waals surface area contributed by atoms with Gasteiger partial charge in [-0.15, -0.1) is 0 Å². The number of aliphatic carboxylic acids is 1. The molecule has 1 amide bonds. The number of oxazole rings is 1. The fraction of sp³-hybridized carbons (Fsp3) is 0.226. The second kappa shape index (κ2) is 13.3. The lowest BCUT2D eigenvalue weighted by atomic mass is 9.67. The van der Waals surface area contributed by atoms with Crippen LogP contribution >= 0.6 is 0 Å². The zero-order valence-electron chi connectivity index (χ0n) is 21.5. The molecule has 4 aromatic rings. The molecule has 8 nitrogen and oxygen atoms in total. The van der Waals surface area contributed by atoms with E-state index in [0.717, 1.165) is 17.4 Å². The van der Waals surface area contributed by atoms with E-state index in [1.165, 1.54) is 0 Å². The van der Waals surface area contributed by atoms with Crippen molar-refractivity contribution in [1.29, 1.82) is 0 Å². The molecule has 39 heavy (non-hydrogen) atoms. The number of nitrogens with zero attached hydrogens (tertiary/aromatic N) is 2. The number of rotatable bonds is 14. The fourth-order valence-electron chi connectivity index (χ4n) is 4.75. The van der Waals surface area contributed by atoms with Gasteiger partial charge >= 0.3 is 5.97 Å². The van der Waals surface area contributed by atoms with E-state index >= 15 is 0 Å². The summed E-state index contributed by atoms with van der Waals surface area (Å²) in [6, 6.07) is 22.4. The lowest BCUT2D eigenvalue weighted by molar-refractivity contribution is -0.145.